The van der Waals surface area contributed by atoms with Gasteiger partial charge in [0.15, 0.2) is 12.6 Å². The summed E-state index contributed by atoms with van der Waals surface area (Å²) in [4.78, 5) is 30.9. The topological polar surface area (TPSA) is 77.3 Å². The third-order valence-corrected chi connectivity index (χ3v) is 2.33. The number of nitrogens with zero attached hydrogens (tertiary/aromatic N) is 1. The van der Waals surface area contributed by atoms with E-state index >= 15 is 0 Å². The smallest absolute Gasteiger partial charge is 0.280 e. The summed E-state index contributed by atoms with van der Waals surface area (Å²) in [6.07, 6.45) is 0.702. The van der Waals surface area contributed by atoms with Gasteiger partial charge in [0, 0.05) is 16.1 Å². The second-order valence-electron chi connectivity index (χ2n) is 2.39. The van der Waals surface area contributed by atoms with Crippen LogP contribution in [0.4, 0.5) is 5.69 Å². The van der Waals surface area contributed by atoms with Crippen LogP contribution in [-0.4, -0.2) is 17.5 Å². The van der Waals surface area contributed by atoms with E-state index in [0.717, 1.165) is 0 Å². The van der Waals surface area contributed by atoms with Crippen molar-refractivity contribution in [3.63, 3.8) is 0 Å². The van der Waals surface area contributed by atoms with Gasteiger partial charge in [0.2, 0.25) is 0 Å². The normalized spacial score (nSPS) is 9.50. The number of aldehydes is 2. The number of halogens is 1. The van der Waals surface area contributed by atoms with Crippen LogP contribution in [0.1, 0.15) is 20.7 Å². The lowest BCUT2D eigenvalue weighted by molar-refractivity contribution is -0.385. The molecule has 0 aliphatic heterocycles. The van der Waals surface area contributed by atoms with E-state index in [0.29, 0.717) is 17.0 Å². The van der Waals surface area contributed by atoms with Crippen LogP contribution in [0.2, 0.25) is 0 Å². The maximum atomic E-state index is 10.6. The molecule has 0 aliphatic carbocycles. The minimum atomic E-state index is -0.705. The molecule has 0 saturated heterocycles. The zero-order chi connectivity index (χ0) is 10.7. The van der Waals surface area contributed by atoms with Gasteiger partial charge in [-0.25, -0.2) is 0 Å². The number of nitro groups is 1. The van der Waals surface area contributed by atoms with Gasteiger partial charge >= 0.3 is 0 Å². The number of hydrogen-bond acceptors (Lipinski definition) is 4. The van der Waals surface area contributed by atoms with Crippen molar-refractivity contribution in [1.29, 1.82) is 0 Å². The molecule has 14 heavy (non-hydrogen) atoms. The molecule has 0 bridgehead atoms. The van der Waals surface area contributed by atoms with Crippen LogP contribution in [0.15, 0.2) is 16.6 Å². The molecule has 72 valence electrons. The zero-order valence-electron chi connectivity index (χ0n) is 6.77. The Bertz CT molecular complexity index is 416. The van der Waals surface area contributed by atoms with Gasteiger partial charge < -0.3 is 0 Å². The zero-order valence-corrected chi connectivity index (χ0v) is 8.35. The molecule has 0 atom stereocenters. The second kappa shape index (κ2) is 4.10. The molecular weight excluding hydrogens is 254 g/mol. The van der Waals surface area contributed by atoms with Gasteiger partial charge in [0.1, 0.15) is 5.56 Å². The first kappa shape index (κ1) is 10.5. The van der Waals surface area contributed by atoms with Gasteiger partial charge in [-0.05, 0) is 6.07 Å². The largest absolute Gasteiger partial charge is 0.298 e. The molecule has 0 amide bonds. The number of benzene rings is 1. The predicted molar refractivity (Wildman–Crippen MR) is 51.6 cm³/mol. The molecule has 0 unspecified atom stereocenters. The fourth-order valence-corrected chi connectivity index (χ4v) is 1.44. The summed E-state index contributed by atoms with van der Waals surface area (Å²) in [5, 5.41) is 10.5. The van der Waals surface area contributed by atoms with Crippen LogP contribution in [0.3, 0.4) is 0 Å². The van der Waals surface area contributed by atoms with Crippen LogP contribution in [0.25, 0.3) is 0 Å². The first-order valence-corrected chi connectivity index (χ1v) is 4.28. The molecular formula is C8H4BrNO4. The lowest BCUT2D eigenvalue weighted by Crippen LogP contribution is -1.99. The van der Waals surface area contributed by atoms with E-state index in [2.05, 4.69) is 15.9 Å². The molecule has 0 aliphatic rings. The van der Waals surface area contributed by atoms with Crippen molar-refractivity contribution >= 4 is 34.2 Å². The molecule has 0 heterocycles. The third-order valence-electron chi connectivity index (χ3n) is 1.64. The highest BCUT2D eigenvalue weighted by molar-refractivity contribution is 9.10. The van der Waals surface area contributed by atoms with E-state index in [4.69, 9.17) is 0 Å². The Morgan fingerprint density at radius 3 is 2.21 bits per heavy atom. The van der Waals surface area contributed by atoms with Crippen molar-refractivity contribution in [1.82, 2.24) is 0 Å². The van der Waals surface area contributed by atoms with Crippen LogP contribution in [-0.2, 0) is 0 Å². The van der Waals surface area contributed by atoms with E-state index < -0.39 is 4.92 Å². The Morgan fingerprint density at radius 2 is 1.79 bits per heavy atom. The quantitative estimate of drug-likeness (QED) is 0.471. The van der Waals surface area contributed by atoms with E-state index in [1.54, 1.807) is 0 Å². The van der Waals surface area contributed by atoms with Gasteiger partial charge in [-0.15, -0.1) is 0 Å². The van der Waals surface area contributed by atoms with E-state index in [1.165, 1.54) is 12.1 Å². The first-order chi connectivity index (χ1) is 6.61. The molecule has 0 spiro atoms. The minimum absolute atomic E-state index is 0.00537. The Kier molecular flexibility index (Phi) is 3.08. The fourth-order valence-electron chi connectivity index (χ4n) is 1.00. The number of nitro benzene ring substituents is 1. The molecule has 0 N–H and O–H groups in total. The number of carbonyl (C=O) groups excluding carboxylic acids is 2. The van der Waals surface area contributed by atoms with Gasteiger partial charge in [0.05, 0.1) is 4.92 Å². The monoisotopic (exact) mass is 257 g/mol. The highest BCUT2D eigenvalue weighted by Gasteiger charge is 2.18. The standard InChI is InChI=1S/C8H4BrNO4/c9-7-1-2-8(10(13)14)6(4-12)5(7)3-11/h1-4H. The summed E-state index contributed by atoms with van der Waals surface area (Å²) < 4.78 is 0.361. The molecule has 0 radical (unpaired) electrons. The minimum Gasteiger partial charge on any atom is -0.298 e. The van der Waals surface area contributed by atoms with Gasteiger partial charge in [0.25, 0.3) is 5.69 Å². The van der Waals surface area contributed by atoms with Crippen molar-refractivity contribution in [2.75, 3.05) is 0 Å². The maximum absolute atomic E-state index is 10.6. The lowest BCUT2D eigenvalue weighted by atomic mass is 10.1. The Morgan fingerprint density at radius 1 is 1.21 bits per heavy atom. The first-order valence-electron chi connectivity index (χ1n) is 3.49. The van der Waals surface area contributed by atoms with Crippen LogP contribution >= 0.6 is 15.9 Å². The van der Waals surface area contributed by atoms with Crippen LogP contribution < -0.4 is 0 Å². The molecule has 0 fully saturated rings. The summed E-state index contributed by atoms with van der Waals surface area (Å²) in [6, 6.07) is 2.52. The molecule has 1 aromatic rings. The lowest BCUT2D eigenvalue weighted by Gasteiger charge is -2.00. The number of hydrogen-bond donors (Lipinski definition) is 0. The van der Waals surface area contributed by atoms with Crippen molar-refractivity contribution in [3.05, 3.63) is 37.8 Å². The number of carbonyl (C=O) groups is 2. The third kappa shape index (κ3) is 1.69. The molecule has 0 saturated carbocycles. The molecule has 0 aromatic heterocycles. The summed E-state index contributed by atoms with van der Waals surface area (Å²) in [6.45, 7) is 0. The van der Waals surface area contributed by atoms with Crippen molar-refractivity contribution < 1.29 is 14.5 Å². The predicted octanol–water partition coefficient (Wildman–Crippen LogP) is 1.98. The van der Waals surface area contributed by atoms with E-state index in [9.17, 15) is 19.7 Å². The summed E-state index contributed by atoms with van der Waals surface area (Å²) >= 11 is 3.02. The SMILES string of the molecule is O=Cc1c(Br)ccc([N+](=O)[O-])c1C=O. The molecule has 6 heteroatoms. The number of rotatable bonds is 3. The van der Waals surface area contributed by atoms with Gasteiger partial charge in [-0.1, -0.05) is 15.9 Å². The van der Waals surface area contributed by atoms with Crippen LogP contribution in [0.5, 0.6) is 0 Å². The second-order valence-corrected chi connectivity index (χ2v) is 3.24. The maximum Gasteiger partial charge on any atom is 0.280 e. The highest BCUT2D eigenvalue weighted by atomic mass is 79.9. The molecule has 5 nitrogen and oxygen atoms in total. The van der Waals surface area contributed by atoms with Crippen molar-refractivity contribution in [2.45, 2.75) is 0 Å². The Hall–Kier alpha value is -1.56. The molecule has 1 rings (SSSR count). The molecule has 1 aromatic carbocycles. The van der Waals surface area contributed by atoms with Gasteiger partial charge in [-0.2, -0.15) is 0 Å². The average Bonchev–Trinajstić information content (AvgIpc) is 2.16. The van der Waals surface area contributed by atoms with E-state index in [1.807, 2.05) is 0 Å². The highest BCUT2D eigenvalue weighted by Crippen LogP contribution is 2.26. The summed E-state index contributed by atoms with van der Waals surface area (Å²) in [5.74, 6) is 0. The summed E-state index contributed by atoms with van der Waals surface area (Å²) in [7, 11) is 0. The van der Waals surface area contributed by atoms with E-state index in [-0.39, 0.29) is 16.8 Å². The summed E-state index contributed by atoms with van der Waals surface area (Å²) in [5.41, 5.74) is -0.584. The fraction of sp³-hybridized carbons (Fsp3) is 0. The Labute approximate surface area is 87.0 Å². The average molecular weight is 258 g/mol. The Balaban J connectivity index is 3.56. The van der Waals surface area contributed by atoms with Crippen molar-refractivity contribution in [3.8, 4) is 0 Å². The van der Waals surface area contributed by atoms with Gasteiger partial charge in [-0.3, -0.25) is 19.7 Å². The van der Waals surface area contributed by atoms with Crippen LogP contribution in [0, 0.1) is 10.1 Å². The van der Waals surface area contributed by atoms with Crippen molar-refractivity contribution in [2.24, 2.45) is 0 Å².